The summed E-state index contributed by atoms with van der Waals surface area (Å²) in [6, 6.07) is 9.49. The highest BCUT2D eigenvalue weighted by Gasteiger charge is 2.17. The van der Waals surface area contributed by atoms with Crippen LogP contribution in [-0.4, -0.2) is 33.4 Å². The van der Waals surface area contributed by atoms with Crippen molar-refractivity contribution in [3.8, 4) is 11.3 Å². The van der Waals surface area contributed by atoms with Gasteiger partial charge in [-0.05, 0) is 20.3 Å². The van der Waals surface area contributed by atoms with Crippen LogP contribution in [0.15, 0.2) is 36.5 Å². The molecular weight excluding hydrogens is 254 g/mol. The molecule has 0 radical (unpaired) electrons. The number of aromatic amines is 1. The van der Waals surface area contributed by atoms with Gasteiger partial charge in [-0.1, -0.05) is 30.3 Å². The number of hydrogen-bond acceptors (Lipinski definition) is 3. The predicted octanol–water partition coefficient (Wildman–Crippen LogP) is 1.97. The highest BCUT2D eigenvalue weighted by atomic mass is 16.3. The van der Waals surface area contributed by atoms with E-state index in [-0.39, 0.29) is 11.9 Å². The average Bonchev–Trinajstić information content (AvgIpc) is 2.87. The minimum Gasteiger partial charge on any atom is -0.393 e. The second kappa shape index (κ2) is 6.34. The Morgan fingerprint density at radius 2 is 2.05 bits per heavy atom. The number of aliphatic hydroxyl groups excluding tert-OH is 1. The summed E-state index contributed by atoms with van der Waals surface area (Å²) in [6.45, 7) is 3.57. The van der Waals surface area contributed by atoms with Crippen molar-refractivity contribution in [2.45, 2.75) is 32.4 Å². The molecule has 0 spiro atoms. The Morgan fingerprint density at radius 1 is 1.35 bits per heavy atom. The standard InChI is InChI=1S/C15H19N3O2/c1-10(8-11(2)19)17-15(20)13-9-16-18-14(13)12-6-4-3-5-7-12/h3-7,9-11,19H,8H2,1-2H3,(H,16,18)(H,17,20). The lowest BCUT2D eigenvalue weighted by Crippen LogP contribution is -2.34. The van der Waals surface area contributed by atoms with Gasteiger partial charge in [0.1, 0.15) is 0 Å². The number of nitrogens with one attached hydrogen (secondary N) is 2. The Hall–Kier alpha value is -2.14. The lowest BCUT2D eigenvalue weighted by Gasteiger charge is -2.15. The van der Waals surface area contributed by atoms with Crippen molar-refractivity contribution < 1.29 is 9.90 Å². The highest BCUT2D eigenvalue weighted by molar-refractivity contribution is 5.99. The molecule has 0 aliphatic heterocycles. The zero-order valence-corrected chi connectivity index (χ0v) is 11.6. The fourth-order valence-electron chi connectivity index (χ4n) is 2.16. The summed E-state index contributed by atoms with van der Waals surface area (Å²) >= 11 is 0. The van der Waals surface area contributed by atoms with Gasteiger partial charge in [0.15, 0.2) is 0 Å². The number of hydrogen-bond donors (Lipinski definition) is 3. The number of aliphatic hydroxyl groups is 1. The van der Waals surface area contributed by atoms with E-state index in [1.807, 2.05) is 37.3 Å². The number of nitrogens with zero attached hydrogens (tertiary/aromatic N) is 1. The molecule has 0 saturated heterocycles. The molecule has 2 unspecified atom stereocenters. The van der Waals surface area contributed by atoms with E-state index >= 15 is 0 Å². The Morgan fingerprint density at radius 3 is 2.70 bits per heavy atom. The number of H-pyrrole nitrogens is 1. The molecule has 1 heterocycles. The third kappa shape index (κ3) is 3.45. The lowest BCUT2D eigenvalue weighted by atomic mass is 10.1. The number of carbonyl (C=O) groups excluding carboxylic acids is 1. The maximum atomic E-state index is 12.2. The Balaban J connectivity index is 2.14. The normalized spacial score (nSPS) is 13.8. The molecule has 1 aromatic heterocycles. The van der Waals surface area contributed by atoms with Crippen LogP contribution in [0, 0.1) is 0 Å². The summed E-state index contributed by atoms with van der Waals surface area (Å²) in [7, 11) is 0. The summed E-state index contributed by atoms with van der Waals surface area (Å²) < 4.78 is 0. The van der Waals surface area contributed by atoms with Crippen LogP contribution in [0.5, 0.6) is 0 Å². The molecule has 5 heteroatoms. The van der Waals surface area contributed by atoms with E-state index in [0.29, 0.717) is 17.7 Å². The Bertz CT molecular complexity index is 564. The van der Waals surface area contributed by atoms with Gasteiger partial charge in [-0.25, -0.2) is 0 Å². The molecule has 0 fully saturated rings. The van der Waals surface area contributed by atoms with Crippen LogP contribution >= 0.6 is 0 Å². The number of rotatable bonds is 5. The second-order valence-electron chi connectivity index (χ2n) is 4.98. The van der Waals surface area contributed by atoms with Crippen molar-refractivity contribution in [1.29, 1.82) is 0 Å². The summed E-state index contributed by atoms with van der Waals surface area (Å²) in [5.41, 5.74) is 2.12. The quantitative estimate of drug-likeness (QED) is 0.779. The molecule has 0 aliphatic rings. The highest BCUT2D eigenvalue weighted by Crippen LogP contribution is 2.20. The van der Waals surface area contributed by atoms with Crippen LogP contribution in [0.4, 0.5) is 0 Å². The van der Waals surface area contributed by atoms with Gasteiger partial charge in [-0.3, -0.25) is 9.89 Å². The van der Waals surface area contributed by atoms with Crippen molar-refractivity contribution in [1.82, 2.24) is 15.5 Å². The number of carbonyl (C=O) groups is 1. The monoisotopic (exact) mass is 273 g/mol. The molecule has 20 heavy (non-hydrogen) atoms. The van der Waals surface area contributed by atoms with Crippen molar-refractivity contribution in [3.63, 3.8) is 0 Å². The summed E-state index contributed by atoms with van der Waals surface area (Å²) in [6.07, 6.45) is 1.60. The van der Waals surface area contributed by atoms with E-state index in [2.05, 4.69) is 15.5 Å². The van der Waals surface area contributed by atoms with Crippen molar-refractivity contribution >= 4 is 5.91 Å². The maximum absolute atomic E-state index is 12.2. The third-order valence-corrected chi connectivity index (χ3v) is 3.02. The molecule has 0 aliphatic carbocycles. The topological polar surface area (TPSA) is 78.0 Å². The molecule has 0 saturated carbocycles. The van der Waals surface area contributed by atoms with Gasteiger partial charge in [-0.15, -0.1) is 0 Å². The van der Waals surface area contributed by atoms with Crippen LogP contribution in [0.1, 0.15) is 30.6 Å². The first kappa shape index (κ1) is 14.3. The van der Waals surface area contributed by atoms with Gasteiger partial charge in [0.05, 0.1) is 23.6 Å². The van der Waals surface area contributed by atoms with Crippen LogP contribution < -0.4 is 5.32 Å². The molecular formula is C15H19N3O2. The van der Waals surface area contributed by atoms with Gasteiger partial charge in [0.2, 0.25) is 0 Å². The van der Waals surface area contributed by atoms with Crippen LogP contribution in [0.2, 0.25) is 0 Å². The van der Waals surface area contributed by atoms with Gasteiger partial charge in [-0.2, -0.15) is 5.10 Å². The molecule has 1 amide bonds. The Labute approximate surface area is 118 Å². The van der Waals surface area contributed by atoms with E-state index in [4.69, 9.17) is 0 Å². The molecule has 5 nitrogen and oxygen atoms in total. The molecule has 2 rings (SSSR count). The lowest BCUT2D eigenvalue weighted by molar-refractivity contribution is 0.0923. The summed E-state index contributed by atoms with van der Waals surface area (Å²) in [5.74, 6) is -0.189. The minimum absolute atomic E-state index is 0.0963. The van der Waals surface area contributed by atoms with Gasteiger partial charge < -0.3 is 10.4 Å². The van der Waals surface area contributed by atoms with Crippen molar-refractivity contribution in [2.75, 3.05) is 0 Å². The second-order valence-corrected chi connectivity index (χ2v) is 4.98. The first-order valence-corrected chi connectivity index (χ1v) is 6.65. The fourth-order valence-corrected chi connectivity index (χ4v) is 2.16. The van der Waals surface area contributed by atoms with E-state index in [1.165, 1.54) is 6.20 Å². The average molecular weight is 273 g/mol. The molecule has 1 aromatic carbocycles. The predicted molar refractivity (Wildman–Crippen MR) is 77.2 cm³/mol. The SMILES string of the molecule is CC(O)CC(C)NC(=O)c1cn[nH]c1-c1ccccc1. The number of amides is 1. The summed E-state index contributed by atoms with van der Waals surface area (Å²) in [4.78, 5) is 12.2. The van der Waals surface area contributed by atoms with Crippen molar-refractivity contribution in [3.05, 3.63) is 42.1 Å². The van der Waals surface area contributed by atoms with Crippen LogP contribution in [-0.2, 0) is 0 Å². The zero-order valence-electron chi connectivity index (χ0n) is 11.6. The Kier molecular flexibility index (Phi) is 4.53. The van der Waals surface area contributed by atoms with E-state index in [0.717, 1.165) is 5.56 Å². The molecule has 2 atom stereocenters. The number of benzene rings is 1. The van der Waals surface area contributed by atoms with Crippen LogP contribution in [0.25, 0.3) is 11.3 Å². The minimum atomic E-state index is -0.441. The first-order chi connectivity index (χ1) is 9.58. The van der Waals surface area contributed by atoms with Crippen molar-refractivity contribution in [2.24, 2.45) is 0 Å². The van der Waals surface area contributed by atoms with E-state index in [1.54, 1.807) is 6.92 Å². The molecule has 0 bridgehead atoms. The van der Waals surface area contributed by atoms with E-state index < -0.39 is 6.10 Å². The smallest absolute Gasteiger partial charge is 0.255 e. The van der Waals surface area contributed by atoms with Gasteiger partial charge in [0, 0.05) is 11.6 Å². The fraction of sp³-hybridized carbons (Fsp3) is 0.333. The zero-order chi connectivity index (χ0) is 14.5. The largest absolute Gasteiger partial charge is 0.393 e. The van der Waals surface area contributed by atoms with E-state index in [9.17, 15) is 9.90 Å². The van der Waals surface area contributed by atoms with Gasteiger partial charge >= 0.3 is 0 Å². The van der Waals surface area contributed by atoms with Gasteiger partial charge in [0.25, 0.3) is 5.91 Å². The third-order valence-electron chi connectivity index (χ3n) is 3.02. The maximum Gasteiger partial charge on any atom is 0.255 e. The molecule has 2 aromatic rings. The number of aromatic nitrogens is 2. The van der Waals surface area contributed by atoms with Crippen LogP contribution in [0.3, 0.4) is 0 Å². The molecule has 3 N–H and O–H groups in total. The molecule has 106 valence electrons. The summed E-state index contributed by atoms with van der Waals surface area (Å²) in [5, 5.41) is 19.0. The first-order valence-electron chi connectivity index (χ1n) is 6.65.